The third kappa shape index (κ3) is 18.4. The summed E-state index contributed by atoms with van der Waals surface area (Å²) in [6.07, 6.45) is -0.225. The second-order valence-electron chi connectivity index (χ2n) is 15.3. The molecule has 14 N–H and O–H groups in total. The molecule has 8 amide bonds. The number of imide groups is 2. The molecule has 1 fully saturated rings. The van der Waals surface area contributed by atoms with Crippen LogP contribution in [0.4, 0.5) is 9.59 Å². The lowest BCUT2D eigenvalue weighted by molar-refractivity contribution is -0.134. The molecule has 8 atom stereocenters. The van der Waals surface area contributed by atoms with Gasteiger partial charge in [0, 0.05) is 12.1 Å². The van der Waals surface area contributed by atoms with Crippen molar-refractivity contribution < 1.29 is 78.5 Å². The molecule has 24 nitrogen and oxygen atoms in total. The Kier molecular flexibility index (Phi) is 21.6. The molecular weight excluding hydrogens is 776 g/mol. The minimum absolute atomic E-state index is 0.394. The molecule has 0 unspecified atom stereocenters. The van der Waals surface area contributed by atoms with Crippen LogP contribution in [0, 0.1) is 0 Å². The van der Waals surface area contributed by atoms with Crippen LogP contribution in [0.15, 0.2) is 0 Å². The van der Waals surface area contributed by atoms with Gasteiger partial charge in [-0.3, -0.25) is 50.0 Å². The van der Waals surface area contributed by atoms with E-state index >= 15 is 0 Å². The molecule has 1 aliphatic rings. The quantitative estimate of drug-likeness (QED) is 0.0543. The topological polar surface area (TPSA) is 373 Å². The minimum atomic E-state index is -1.68. The highest BCUT2D eigenvalue weighted by atomic mass is 16.6. The van der Waals surface area contributed by atoms with Crippen molar-refractivity contribution in [3.8, 4) is 0 Å². The Morgan fingerprint density at radius 1 is 0.448 bits per heavy atom. The Morgan fingerprint density at radius 3 is 0.931 bits per heavy atom. The maximum Gasteiger partial charge on any atom is 0.414 e. The molecular formula is C34H60N8O16. The molecule has 0 aromatic rings. The number of carbonyl (C=O) groups excluding carboxylic acids is 8. The maximum absolute atomic E-state index is 13.2. The molecule has 0 radical (unpaired) electrons. The second-order valence-corrected chi connectivity index (χ2v) is 15.3. The number of hydrogen-bond acceptors (Lipinski definition) is 18. The monoisotopic (exact) mass is 836 g/mol. The van der Waals surface area contributed by atoms with Gasteiger partial charge in [0.1, 0.15) is 47.5 Å². The minimum Gasteiger partial charge on any atom is -0.444 e. The zero-order valence-electron chi connectivity index (χ0n) is 33.5. The van der Waals surface area contributed by atoms with Crippen molar-refractivity contribution >= 4 is 47.6 Å². The van der Waals surface area contributed by atoms with Crippen molar-refractivity contribution in [3.63, 3.8) is 0 Å². The van der Waals surface area contributed by atoms with Gasteiger partial charge >= 0.3 is 12.2 Å². The van der Waals surface area contributed by atoms with Crippen LogP contribution in [0.5, 0.6) is 0 Å². The van der Waals surface area contributed by atoms with Gasteiger partial charge in [0.15, 0.2) is 0 Å². The number of carbonyl (C=O) groups is 8. The number of nitrogens with one attached hydrogen (secondary N) is 8. The molecule has 24 heteroatoms. The molecule has 0 aromatic carbocycles. The highest BCUT2D eigenvalue weighted by Crippen LogP contribution is 2.20. The summed E-state index contributed by atoms with van der Waals surface area (Å²) in [4.78, 5) is 101. The normalized spacial score (nSPS) is 18.8. The molecule has 0 aliphatic heterocycles. The number of aliphatic hydroxyl groups excluding tert-OH is 6. The van der Waals surface area contributed by atoms with Crippen LogP contribution in [-0.4, -0.2) is 177 Å². The second kappa shape index (κ2) is 24.4. The summed E-state index contributed by atoms with van der Waals surface area (Å²) in [6, 6.07) is -10.8. The van der Waals surface area contributed by atoms with Crippen molar-refractivity contribution in [2.24, 2.45) is 0 Å². The molecule has 0 aromatic heterocycles. The third-order valence-corrected chi connectivity index (χ3v) is 8.11. The largest absolute Gasteiger partial charge is 0.444 e. The summed E-state index contributed by atoms with van der Waals surface area (Å²) >= 11 is 0. The fourth-order valence-electron chi connectivity index (χ4n) is 5.32. The molecule has 0 spiro atoms. The standard InChI is InChI=1S/C34H60N8O16/c1-33(2,3)57-31(55)41-29(53)23(15-47)39-27(51)21(13-45)37-25(49)19(11-43)35-17-9-7-8-10-18(17)36-20(12-44)26(50)38-22(14-46)28(52)40-24(16-48)30(54)42-32(56)58-34(4,5)6/h17-24,35-36,43-48H,7-16H2,1-6H3,(H,37,49)(H,38,50)(H,39,51)(H,40,52)(H,41,53,55)(H,42,54,56)/t17-,18-,19+,20+,21-,22-,23+,24+/m1/s1. The number of hydrogen-bond donors (Lipinski definition) is 14. The lowest BCUT2D eigenvalue weighted by atomic mass is 9.89. The van der Waals surface area contributed by atoms with E-state index in [-0.39, 0.29) is 0 Å². The average molecular weight is 837 g/mol. The van der Waals surface area contributed by atoms with E-state index in [9.17, 15) is 69.0 Å². The van der Waals surface area contributed by atoms with E-state index in [1.165, 1.54) is 0 Å². The van der Waals surface area contributed by atoms with Crippen LogP contribution in [0.2, 0.25) is 0 Å². The Balaban J connectivity index is 2.93. The van der Waals surface area contributed by atoms with E-state index in [1.807, 2.05) is 10.6 Å². The van der Waals surface area contributed by atoms with Gasteiger partial charge in [-0.05, 0) is 54.4 Å². The molecule has 332 valence electrons. The van der Waals surface area contributed by atoms with Crippen LogP contribution < -0.4 is 42.5 Å². The highest BCUT2D eigenvalue weighted by molar-refractivity contribution is 5.99. The zero-order chi connectivity index (χ0) is 44.4. The number of alkyl carbamates (subject to hydrolysis) is 2. The van der Waals surface area contributed by atoms with Gasteiger partial charge in [-0.25, -0.2) is 9.59 Å². The summed E-state index contributed by atoms with van der Waals surface area (Å²) in [5.74, 6) is -6.44. The van der Waals surface area contributed by atoms with Crippen LogP contribution in [0.1, 0.15) is 67.2 Å². The third-order valence-electron chi connectivity index (χ3n) is 8.11. The summed E-state index contributed by atoms with van der Waals surface area (Å²) in [5.41, 5.74) is -1.91. The van der Waals surface area contributed by atoms with E-state index in [0.29, 0.717) is 25.7 Å². The lowest BCUT2D eigenvalue weighted by Gasteiger charge is -2.37. The molecule has 0 heterocycles. The maximum atomic E-state index is 13.2. The van der Waals surface area contributed by atoms with E-state index in [0.717, 1.165) is 0 Å². The predicted octanol–water partition coefficient (Wildman–Crippen LogP) is -5.79. The fraction of sp³-hybridized carbons (Fsp3) is 0.765. The summed E-state index contributed by atoms with van der Waals surface area (Å²) in [6.45, 7) is 3.75. The zero-order valence-corrected chi connectivity index (χ0v) is 33.5. The van der Waals surface area contributed by atoms with Gasteiger partial charge in [-0.2, -0.15) is 0 Å². The SMILES string of the molecule is CC(C)(C)OC(=O)NC(=O)[C@H](CO)NC(=O)[C@@H](CO)NC(=O)[C@H](CO)N[C@@H]1CCCC[C@H]1N[C@@H](CO)C(=O)N[C@H](CO)C(=O)N[C@@H](CO)C(=O)NC(=O)OC(C)(C)C. The predicted molar refractivity (Wildman–Crippen MR) is 199 cm³/mol. The Bertz CT molecular complexity index is 1320. The molecule has 1 rings (SSSR count). The van der Waals surface area contributed by atoms with Crippen molar-refractivity contribution in [2.75, 3.05) is 39.6 Å². The van der Waals surface area contributed by atoms with Crippen molar-refractivity contribution in [1.29, 1.82) is 0 Å². The molecule has 0 saturated heterocycles. The van der Waals surface area contributed by atoms with Gasteiger partial charge in [0.2, 0.25) is 23.6 Å². The van der Waals surface area contributed by atoms with Crippen LogP contribution in [-0.2, 0) is 38.2 Å². The van der Waals surface area contributed by atoms with Crippen LogP contribution in [0.25, 0.3) is 0 Å². The Morgan fingerprint density at radius 2 is 0.690 bits per heavy atom. The van der Waals surface area contributed by atoms with Crippen molar-refractivity contribution in [2.45, 2.75) is 127 Å². The van der Waals surface area contributed by atoms with Gasteiger partial charge in [0.25, 0.3) is 11.8 Å². The van der Waals surface area contributed by atoms with E-state index in [2.05, 4.69) is 31.9 Å². The lowest BCUT2D eigenvalue weighted by Crippen LogP contribution is -2.64. The first kappa shape index (κ1) is 51.5. The van der Waals surface area contributed by atoms with Crippen LogP contribution in [0.3, 0.4) is 0 Å². The summed E-state index contributed by atoms with van der Waals surface area (Å²) < 4.78 is 9.93. The average Bonchev–Trinajstić information content (AvgIpc) is 3.13. The van der Waals surface area contributed by atoms with Gasteiger partial charge in [-0.15, -0.1) is 0 Å². The molecule has 0 bridgehead atoms. The van der Waals surface area contributed by atoms with E-state index in [1.54, 1.807) is 41.5 Å². The number of rotatable bonds is 20. The molecule has 1 aliphatic carbocycles. The first-order valence-electron chi connectivity index (χ1n) is 18.5. The van der Waals surface area contributed by atoms with Crippen molar-refractivity contribution in [3.05, 3.63) is 0 Å². The number of amides is 8. The van der Waals surface area contributed by atoms with Gasteiger partial charge in [0.05, 0.1) is 39.6 Å². The van der Waals surface area contributed by atoms with Crippen LogP contribution >= 0.6 is 0 Å². The molecule has 1 saturated carbocycles. The van der Waals surface area contributed by atoms with Gasteiger partial charge < -0.3 is 61.4 Å². The Labute approximate surface area is 334 Å². The Hall–Kier alpha value is -4.56. The van der Waals surface area contributed by atoms with Crippen molar-refractivity contribution in [1.82, 2.24) is 42.5 Å². The summed E-state index contributed by atoms with van der Waals surface area (Å²) in [5, 5.41) is 77.4. The van der Waals surface area contributed by atoms with Gasteiger partial charge in [-0.1, -0.05) is 12.8 Å². The number of ether oxygens (including phenoxy) is 2. The number of aliphatic hydroxyl groups is 6. The van der Waals surface area contributed by atoms with E-state index < -0.39 is 147 Å². The first-order chi connectivity index (χ1) is 27.0. The van der Waals surface area contributed by atoms with E-state index in [4.69, 9.17) is 9.47 Å². The highest BCUT2D eigenvalue weighted by Gasteiger charge is 2.36. The smallest absolute Gasteiger partial charge is 0.414 e. The first-order valence-corrected chi connectivity index (χ1v) is 18.5. The summed E-state index contributed by atoms with van der Waals surface area (Å²) in [7, 11) is 0. The molecule has 58 heavy (non-hydrogen) atoms. The fourth-order valence-corrected chi connectivity index (χ4v) is 5.32.